The average Bonchev–Trinajstić information content (AvgIpc) is 3.28. The summed E-state index contributed by atoms with van der Waals surface area (Å²) in [6.07, 6.45) is 4.68. The molecule has 2 heterocycles. The van der Waals surface area contributed by atoms with Crippen LogP contribution in [-0.4, -0.2) is 57.3 Å². The molecule has 1 fully saturated rings. The van der Waals surface area contributed by atoms with Crippen LogP contribution in [0.4, 0.5) is 0 Å². The summed E-state index contributed by atoms with van der Waals surface area (Å²) in [7, 11) is 1.82. The number of aryl methyl sites for hydroxylation is 1. The Kier molecular flexibility index (Phi) is 12.0. The Balaban J connectivity index is 0.00000338. The SMILES string of the molecule is CCOCCCCNC(=NC)NCC(c1ccc(C)o1)N1CCCC1.I. The molecule has 26 heavy (non-hydrogen) atoms. The van der Waals surface area contributed by atoms with Gasteiger partial charge in [0.1, 0.15) is 11.5 Å². The second-order valence-electron chi connectivity index (χ2n) is 6.49. The molecule has 2 rings (SSSR count). The zero-order valence-electron chi connectivity index (χ0n) is 16.4. The highest BCUT2D eigenvalue weighted by Crippen LogP contribution is 2.26. The second-order valence-corrected chi connectivity index (χ2v) is 6.49. The number of guanidine groups is 1. The molecular weight excluding hydrogens is 443 g/mol. The summed E-state index contributed by atoms with van der Waals surface area (Å²) in [4.78, 5) is 6.83. The van der Waals surface area contributed by atoms with Crippen LogP contribution in [0.5, 0.6) is 0 Å². The van der Waals surface area contributed by atoms with Gasteiger partial charge in [0.05, 0.1) is 6.04 Å². The third-order valence-corrected chi connectivity index (χ3v) is 4.57. The number of ether oxygens (including phenoxy) is 1. The molecule has 2 N–H and O–H groups in total. The third kappa shape index (κ3) is 7.84. The highest BCUT2D eigenvalue weighted by molar-refractivity contribution is 14.0. The van der Waals surface area contributed by atoms with Gasteiger partial charge in [-0.2, -0.15) is 0 Å². The van der Waals surface area contributed by atoms with Crippen molar-refractivity contribution in [3.63, 3.8) is 0 Å². The molecule has 0 spiro atoms. The van der Waals surface area contributed by atoms with Crippen molar-refractivity contribution >= 4 is 29.9 Å². The third-order valence-electron chi connectivity index (χ3n) is 4.57. The summed E-state index contributed by atoms with van der Waals surface area (Å²) in [5.74, 6) is 2.86. The molecule has 6 nitrogen and oxygen atoms in total. The van der Waals surface area contributed by atoms with Gasteiger partial charge in [0.15, 0.2) is 5.96 Å². The summed E-state index contributed by atoms with van der Waals surface area (Å²) in [5, 5.41) is 6.85. The number of halogens is 1. The number of aliphatic imine (C=N–C) groups is 1. The van der Waals surface area contributed by atoms with Crippen LogP contribution in [0.2, 0.25) is 0 Å². The Morgan fingerprint density at radius 1 is 1.27 bits per heavy atom. The smallest absolute Gasteiger partial charge is 0.191 e. The van der Waals surface area contributed by atoms with Gasteiger partial charge in [0, 0.05) is 33.4 Å². The maximum absolute atomic E-state index is 5.90. The lowest BCUT2D eigenvalue weighted by molar-refractivity contribution is 0.143. The summed E-state index contributed by atoms with van der Waals surface area (Å²) >= 11 is 0. The quantitative estimate of drug-likeness (QED) is 0.234. The Labute approximate surface area is 175 Å². The van der Waals surface area contributed by atoms with Crippen LogP contribution in [0.3, 0.4) is 0 Å². The van der Waals surface area contributed by atoms with E-state index in [4.69, 9.17) is 9.15 Å². The summed E-state index contributed by atoms with van der Waals surface area (Å²) in [6.45, 7) is 9.62. The van der Waals surface area contributed by atoms with Crippen molar-refractivity contribution in [1.82, 2.24) is 15.5 Å². The average molecular weight is 478 g/mol. The topological polar surface area (TPSA) is 62.0 Å². The van der Waals surface area contributed by atoms with Gasteiger partial charge < -0.3 is 19.8 Å². The number of unbranched alkanes of at least 4 members (excludes halogenated alkanes) is 1. The first kappa shape index (κ1) is 23.2. The molecule has 1 saturated heterocycles. The normalized spacial score (nSPS) is 16.3. The highest BCUT2D eigenvalue weighted by Gasteiger charge is 2.26. The number of rotatable bonds is 10. The molecule has 0 amide bonds. The zero-order chi connectivity index (χ0) is 17.9. The highest BCUT2D eigenvalue weighted by atomic mass is 127. The molecule has 1 unspecified atom stereocenters. The first-order chi connectivity index (χ1) is 12.2. The minimum absolute atomic E-state index is 0. The maximum atomic E-state index is 5.90. The van der Waals surface area contributed by atoms with E-state index in [2.05, 4.69) is 26.6 Å². The molecule has 1 aromatic rings. The fraction of sp³-hybridized carbons (Fsp3) is 0.737. The standard InChI is InChI=1S/C19H34N4O2.HI/c1-4-24-14-8-5-11-21-19(20-3)22-15-17(23-12-6-7-13-23)18-10-9-16(2)25-18;/h9-10,17H,4-8,11-15H2,1-3H3,(H2,20,21,22);1H. The van der Waals surface area contributed by atoms with Crippen molar-refractivity contribution in [2.45, 2.75) is 45.6 Å². The van der Waals surface area contributed by atoms with Gasteiger partial charge >= 0.3 is 0 Å². The van der Waals surface area contributed by atoms with E-state index in [-0.39, 0.29) is 30.0 Å². The van der Waals surface area contributed by atoms with Crippen LogP contribution in [0.15, 0.2) is 21.5 Å². The van der Waals surface area contributed by atoms with Crippen molar-refractivity contribution in [2.75, 3.05) is 46.4 Å². The van der Waals surface area contributed by atoms with E-state index in [0.29, 0.717) is 0 Å². The van der Waals surface area contributed by atoms with E-state index in [1.165, 1.54) is 12.8 Å². The summed E-state index contributed by atoms with van der Waals surface area (Å²) in [6, 6.07) is 4.40. The Hall–Kier alpha value is -0.800. The predicted octanol–water partition coefficient (Wildman–Crippen LogP) is 3.32. The van der Waals surface area contributed by atoms with Gasteiger partial charge in [0.25, 0.3) is 0 Å². The fourth-order valence-electron chi connectivity index (χ4n) is 3.19. The lowest BCUT2D eigenvalue weighted by Gasteiger charge is -2.26. The maximum Gasteiger partial charge on any atom is 0.191 e. The van der Waals surface area contributed by atoms with Crippen LogP contribution in [0.25, 0.3) is 0 Å². The Bertz CT molecular complexity index is 515. The van der Waals surface area contributed by atoms with Gasteiger partial charge in [-0.15, -0.1) is 24.0 Å². The van der Waals surface area contributed by atoms with E-state index in [1.807, 2.05) is 27.0 Å². The molecule has 0 aromatic carbocycles. The van der Waals surface area contributed by atoms with Crippen molar-refractivity contribution in [2.24, 2.45) is 4.99 Å². The number of furan rings is 1. The lowest BCUT2D eigenvalue weighted by atomic mass is 10.2. The van der Waals surface area contributed by atoms with Gasteiger partial charge in [0.2, 0.25) is 0 Å². The second kappa shape index (κ2) is 13.4. The molecule has 0 aliphatic carbocycles. The van der Waals surface area contributed by atoms with Gasteiger partial charge in [-0.3, -0.25) is 9.89 Å². The first-order valence-electron chi connectivity index (χ1n) is 9.57. The van der Waals surface area contributed by atoms with Crippen LogP contribution in [0, 0.1) is 6.92 Å². The van der Waals surface area contributed by atoms with E-state index >= 15 is 0 Å². The van der Waals surface area contributed by atoms with E-state index in [9.17, 15) is 0 Å². The number of hydrogen-bond acceptors (Lipinski definition) is 4. The van der Waals surface area contributed by atoms with Crippen molar-refractivity contribution in [3.8, 4) is 0 Å². The largest absolute Gasteiger partial charge is 0.465 e. The minimum Gasteiger partial charge on any atom is -0.465 e. The number of hydrogen-bond donors (Lipinski definition) is 2. The van der Waals surface area contributed by atoms with Crippen LogP contribution < -0.4 is 10.6 Å². The molecule has 0 bridgehead atoms. The number of nitrogens with zero attached hydrogens (tertiary/aromatic N) is 2. The summed E-state index contributed by atoms with van der Waals surface area (Å²) in [5.41, 5.74) is 0. The van der Waals surface area contributed by atoms with Crippen molar-refractivity contribution in [1.29, 1.82) is 0 Å². The monoisotopic (exact) mass is 478 g/mol. The molecule has 1 aliphatic heterocycles. The molecule has 1 aliphatic rings. The fourth-order valence-corrected chi connectivity index (χ4v) is 3.19. The number of nitrogens with one attached hydrogen (secondary N) is 2. The van der Waals surface area contributed by atoms with Crippen LogP contribution >= 0.6 is 24.0 Å². The molecule has 1 atom stereocenters. The molecule has 0 radical (unpaired) electrons. The van der Waals surface area contributed by atoms with Crippen LogP contribution in [0.1, 0.15) is 50.2 Å². The molecule has 7 heteroatoms. The van der Waals surface area contributed by atoms with E-state index in [0.717, 1.165) is 69.7 Å². The first-order valence-corrected chi connectivity index (χ1v) is 9.57. The van der Waals surface area contributed by atoms with Crippen LogP contribution in [-0.2, 0) is 4.74 Å². The zero-order valence-corrected chi connectivity index (χ0v) is 18.8. The number of likely N-dealkylation sites (tertiary alicyclic amines) is 1. The molecule has 1 aromatic heterocycles. The van der Waals surface area contributed by atoms with Crippen molar-refractivity contribution < 1.29 is 9.15 Å². The van der Waals surface area contributed by atoms with E-state index < -0.39 is 0 Å². The Morgan fingerprint density at radius 2 is 2.04 bits per heavy atom. The van der Waals surface area contributed by atoms with E-state index in [1.54, 1.807) is 0 Å². The molecular formula is C19H35IN4O2. The molecule has 150 valence electrons. The van der Waals surface area contributed by atoms with Gasteiger partial charge in [-0.05, 0) is 64.8 Å². The Morgan fingerprint density at radius 3 is 2.65 bits per heavy atom. The molecule has 0 saturated carbocycles. The minimum atomic E-state index is 0. The predicted molar refractivity (Wildman–Crippen MR) is 117 cm³/mol. The summed E-state index contributed by atoms with van der Waals surface area (Å²) < 4.78 is 11.3. The lowest BCUT2D eigenvalue weighted by Crippen LogP contribution is -2.42. The van der Waals surface area contributed by atoms with Gasteiger partial charge in [-0.25, -0.2) is 0 Å². The van der Waals surface area contributed by atoms with Gasteiger partial charge in [-0.1, -0.05) is 0 Å². The van der Waals surface area contributed by atoms with Crippen molar-refractivity contribution in [3.05, 3.63) is 23.7 Å².